The van der Waals surface area contributed by atoms with Gasteiger partial charge in [0.05, 0.1) is 23.6 Å². The van der Waals surface area contributed by atoms with E-state index in [4.69, 9.17) is 16.3 Å². The van der Waals surface area contributed by atoms with Crippen LogP contribution >= 0.6 is 23.4 Å². The lowest BCUT2D eigenvalue weighted by atomic mass is 10.3. The lowest BCUT2D eigenvalue weighted by Gasteiger charge is -2.09. The number of aromatic nitrogens is 1. The van der Waals surface area contributed by atoms with E-state index in [1.165, 1.54) is 11.8 Å². The van der Waals surface area contributed by atoms with Crippen molar-refractivity contribution in [2.75, 3.05) is 18.2 Å². The second-order valence-corrected chi connectivity index (χ2v) is 5.64. The quantitative estimate of drug-likeness (QED) is 0.882. The Labute approximate surface area is 132 Å². The Balaban J connectivity index is 1.84. The molecule has 0 aliphatic rings. The number of carbonyl (C=O) groups excluding carboxylic acids is 1. The number of hydrogen-bond donors (Lipinski definition) is 1. The van der Waals surface area contributed by atoms with Gasteiger partial charge in [0.25, 0.3) is 0 Å². The van der Waals surface area contributed by atoms with E-state index in [1.807, 2.05) is 12.1 Å². The molecular formula is C15H15ClN2O2S. The van der Waals surface area contributed by atoms with Gasteiger partial charge >= 0.3 is 0 Å². The van der Waals surface area contributed by atoms with Gasteiger partial charge in [-0.3, -0.25) is 9.78 Å². The second-order valence-electron chi connectivity index (χ2n) is 4.25. The van der Waals surface area contributed by atoms with E-state index in [0.717, 1.165) is 11.3 Å². The number of halogens is 1. The number of ether oxygens (including phenoxy) is 1. The molecule has 0 aliphatic carbocycles. The van der Waals surface area contributed by atoms with E-state index < -0.39 is 0 Å². The molecule has 0 spiro atoms. The summed E-state index contributed by atoms with van der Waals surface area (Å²) < 4.78 is 5.11. The van der Waals surface area contributed by atoms with Crippen molar-refractivity contribution in [1.29, 1.82) is 0 Å². The summed E-state index contributed by atoms with van der Waals surface area (Å²) in [5.74, 6) is 1.65. The second kappa shape index (κ2) is 7.90. The number of amides is 1. The van der Waals surface area contributed by atoms with Crippen molar-refractivity contribution in [3.8, 4) is 5.75 Å². The highest BCUT2D eigenvalue weighted by Gasteiger charge is 2.07. The monoisotopic (exact) mass is 322 g/mol. The van der Waals surface area contributed by atoms with Crippen molar-refractivity contribution in [2.45, 2.75) is 5.75 Å². The van der Waals surface area contributed by atoms with Gasteiger partial charge in [0.2, 0.25) is 5.91 Å². The summed E-state index contributed by atoms with van der Waals surface area (Å²) in [5, 5.41) is 3.27. The molecule has 1 amide bonds. The number of hydrogen-bond acceptors (Lipinski definition) is 4. The highest BCUT2D eigenvalue weighted by atomic mass is 35.5. The Morgan fingerprint density at radius 3 is 3.00 bits per heavy atom. The van der Waals surface area contributed by atoms with Crippen LogP contribution < -0.4 is 10.1 Å². The lowest BCUT2D eigenvalue weighted by molar-refractivity contribution is -0.113. The number of pyridine rings is 1. The standard InChI is InChI=1S/C15H15ClN2O2S/c1-20-12-4-5-13(16)14(7-12)18-15(19)10-21-9-11-3-2-6-17-8-11/h2-8H,9-10H2,1H3,(H,18,19). The van der Waals surface area contributed by atoms with Gasteiger partial charge < -0.3 is 10.1 Å². The third kappa shape index (κ3) is 4.95. The van der Waals surface area contributed by atoms with Gasteiger partial charge in [0.15, 0.2) is 0 Å². The fraction of sp³-hybridized carbons (Fsp3) is 0.200. The number of benzene rings is 1. The molecule has 0 fully saturated rings. The summed E-state index contributed by atoms with van der Waals surface area (Å²) >= 11 is 7.56. The third-order valence-electron chi connectivity index (χ3n) is 2.67. The van der Waals surface area contributed by atoms with Gasteiger partial charge in [0, 0.05) is 24.2 Å². The molecule has 0 bridgehead atoms. The van der Waals surface area contributed by atoms with Crippen molar-refractivity contribution in [1.82, 2.24) is 4.98 Å². The van der Waals surface area contributed by atoms with Crippen LogP contribution in [-0.4, -0.2) is 23.8 Å². The van der Waals surface area contributed by atoms with Gasteiger partial charge in [-0.15, -0.1) is 11.8 Å². The molecule has 0 saturated heterocycles. The fourth-order valence-electron chi connectivity index (χ4n) is 1.66. The zero-order chi connectivity index (χ0) is 15.1. The Bertz CT molecular complexity index is 608. The van der Waals surface area contributed by atoms with E-state index in [2.05, 4.69) is 10.3 Å². The van der Waals surface area contributed by atoms with Gasteiger partial charge in [-0.25, -0.2) is 0 Å². The first-order valence-corrected chi connectivity index (χ1v) is 7.82. The van der Waals surface area contributed by atoms with Crippen LogP contribution in [0.3, 0.4) is 0 Å². The SMILES string of the molecule is COc1ccc(Cl)c(NC(=O)CSCc2cccnc2)c1. The minimum absolute atomic E-state index is 0.0981. The highest BCUT2D eigenvalue weighted by molar-refractivity contribution is 7.99. The number of thioether (sulfide) groups is 1. The molecule has 21 heavy (non-hydrogen) atoms. The van der Waals surface area contributed by atoms with Crippen LogP contribution in [0.4, 0.5) is 5.69 Å². The Morgan fingerprint density at radius 2 is 2.29 bits per heavy atom. The molecule has 110 valence electrons. The fourth-order valence-corrected chi connectivity index (χ4v) is 2.59. The predicted octanol–water partition coefficient (Wildman–Crippen LogP) is 3.62. The Kier molecular flexibility index (Phi) is 5.90. The third-order valence-corrected chi connectivity index (χ3v) is 4.01. The molecular weight excluding hydrogens is 308 g/mol. The summed E-state index contributed by atoms with van der Waals surface area (Å²) in [6.07, 6.45) is 3.52. The summed E-state index contributed by atoms with van der Waals surface area (Å²) in [6, 6.07) is 9.00. The molecule has 1 aromatic heterocycles. The van der Waals surface area contributed by atoms with Gasteiger partial charge in [-0.05, 0) is 23.8 Å². The van der Waals surface area contributed by atoms with Crippen LogP contribution in [0.15, 0.2) is 42.7 Å². The molecule has 1 aromatic carbocycles. The molecule has 0 unspecified atom stereocenters. The van der Waals surface area contributed by atoms with Gasteiger partial charge in [-0.2, -0.15) is 0 Å². The molecule has 2 aromatic rings. The molecule has 0 radical (unpaired) electrons. The average Bonchev–Trinajstić information content (AvgIpc) is 2.50. The summed E-state index contributed by atoms with van der Waals surface area (Å²) in [7, 11) is 1.57. The smallest absolute Gasteiger partial charge is 0.234 e. The molecule has 0 aliphatic heterocycles. The first kappa shape index (κ1) is 15.7. The van der Waals surface area contributed by atoms with Crippen molar-refractivity contribution in [3.63, 3.8) is 0 Å². The Hall–Kier alpha value is -1.72. The first-order valence-electron chi connectivity index (χ1n) is 6.29. The van der Waals surface area contributed by atoms with E-state index in [0.29, 0.717) is 22.2 Å². The van der Waals surface area contributed by atoms with Gasteiger partial charge in [0.1, 0.15) is 5.75 Å². The normalized spacial score (nSPS) is 10.2. The van der Waals surface area contributed by atoms with Crippen LogP contribution in [-0.2, 0) is 10.5 Å². The van der Waals surface area contributed by atoms with E-state index >= 15 is 0 Å². The summed E-state index contributed by atoms with van der Waals surface area (Å²) in [5.41, 5.74) is 1.65. The number of anilines is 1. The maximum atomic E-state index is 11.9. The zero-order valence-electron chi connectivity index (χ0n) is 11.5. The molecule has 0 saturated carbocycles. The maximum Gasteiger partial charge on any atom is 0.234 e. The first-order chi connectivity index (χ1) is 10.2. The number of methoxy groups -OCH3 is 1. The molecule has 4 nitrogen and oxygen atoms in total. The molecule has 6 heteroatoms. The van der Waals surface area contributed by atoms with Crippen LogP contribution in [0.1, 0.15) is 5.56 Å². The van der Waals surface area contributed by atoms with Crippen molar-refractivity contribution >= 4 is 35.0 Å². The van der Waals surface area contributed by atoms with Crippen molar-refractivity contribution in [3.05, 3.63) is 53.3 Å². The highest BCUT2D eigenvalue weighted by Crippen LogP contribution is 2.26. The van der Waals surface area contributed by atoms with Crippen LogP contribution in [0.25, 0.3) is 0 Å². The van der Waals surface area contributed by atoms with Crippen LogP contribution in [0, 0.1) is 0 Å². The molecule has 1 heterocycles. The minimum atomic E-state index is -0.0981. The molecule has 1 N–H and O–H groups in total. The van der Waals surface area contributed by atoms with E-state index in [9.17, 15) is 4.79 Å². The predicted molar refractivity (Wildman–Crippen MR) is 87.0 cm³/mol. The van der Waals surface area contributed by atoms with Gasteiger partial charge in [-0.1, -0.05) is 17.7 Å². The maximum absolute atomic E-state index is 11.9. The molecule has 0 atom stereocenters. The molecule has 2 rings (SSSR count). The summed E-state index contributed by atoms with van der Waals surface area (Å²) in [6.45, 7) is 0. The number of nitrogens with one attached hydrogen (secondary N) is 1. The number of rotatable bonds is 6. The van der Waals surface area contributed by atoms with E-state index in [1.54, 1.807) is 37.7 Å². The Morgan fingerprint density at radius 1 is 1.43 bits per heavy atom. The average molecular weight is 323 g/mol. The summed E-state index contributed by atoms with van der Waals surface area (Å²) in [4.78, 5) is 15.9. The van der Waals surface area contributed by atoms with E-state index in [-0.39, 0.29) is 5.91 Å². The topological polar surface area (TPSA) is 51.2 Å². The van der Waals surface area contributed by atoms with Crippen molar-refractivity contribution in [2.24, 2.45) is 0 Å². The largest absolute Gasteiger partial charge is 0.497 e. The minimum Gasteiger partial charge on any atom is -0.497 e. The van der Waals surface area contributed by atoms with Crippen LogP contribution in [0.5, 0.6) is 5.75 Å². The number of carbonyl (C=O) groups is 1. The van der Waals surface area contributed by atoms with Crippen LogP contribution in [0.2, 0.25) is 5.02 Å². The lowest BCUT2D eigenvalue weighted by Crippen LogP contribution is -2.14. The van der Waals surface area contributed by atoms with Crippen molar-refractivity contribution < 1.29 is 9.53 Å². The zero-order valence-corrected chi connectivity index (χ0v) is 13.1. The number of nitrogens with zero attached hydrogens (tertiary/aromatic N) is 1.